The summed E-state index contributed by atoms with van der Waals surface area (Å²) >= 11 is 0. The fourth-order valence-electron chi connectivity index (χ4n) is 0.764. The van der Waals surface area contributed by atoms with Crippen molar-refractivity contribution in [1.82, 2.24) is 0 Å². The van der Waals surface area contributed by atoms with Gasteiger partial charge in [-0.1, -0.05) is 0 Å². The van der Waals surface area contributed by atoms with Crippen molar-refractivity contribution < 1.29 is 18.9 Å². The topological polar surface area (TPSA) is 43.5 Å². The first-order valence-electron chi connectivity index (χ1n) is 4.66. The maximum absolute atomic E-state index is 5.03. The van der Waals surface area contributed by atoms with Gasteiger partial charge in [0.2, 0.25) is 0 Å². The van der Waals surface area contributed by atoms with Crippen molar-refractivity contribution in [3.8, 4) is 0 Å². The van der Waals surface area contributed by atoms with Crippen LogP contribution in [0, 0.1) is 0 Å². The third kappa shape index (κ3) is 6.95. The van der Waals surface area contributed by atoms with Gasteiger partial charge in [-0.05, 0) is 6.92 Å². The highest BCUT2D eigenvalue weighted by molar-refractivity contribution is 4.66. The Balaban J connectivity index is 0.000000132. The standard InChI is InChI=1S/C5H10O2.C4H8O2/c1-2-6-3-5-4-7-5;1-5-2-4-3-6-4/h5H,2-4H2,1H3;4H,2-3H2,1H3. The monoisotopic (exact) mass is 190 g/mol. The normalized spacial score (nSPS) is 29.1. The molecule has 4 heteroatoms. The van der Waals surface area contributed by atoms with Crippen LogP contribution in [0.15, 0.2) is 0 Å². The van der Waals surface area contributed by atoms with Gasteiger partial charge in [0.05, 0.1) is 26.4 Å². The van der Waals surface area contributed by atoms with E-state index in [-0.39, 0.29) is 0 Å². The van der Waals surface area contributed by atoms with Crippen LogP contribution in [0.1, 0.15) is 6.92 Å². The first-order chi connectivity index (χ1) is 6.36. The molecule has 13 heavy (non-hydrogen) atoms. The summed E-state index contributed by atoms with van der Waals surface area (Å²) in [6, 6.07) is 0. The summed E-state index contributed by atoms with van der Waals surface area (Å²) < 4.78 is 19.5. The minimum absolute atomic E-state index is 0.426. The Bertz CT molecular complexity index is 121. The van der Waals surface area contributed by atoms with Gasteiger partial charge in [0.1, 0.15) is 12.2 Å². The Kier molecular flexibility index (Phi) is 5.31. The van der Waals surface area contributed by atoms with Crippen molar-refractivity contribution >= 4 is 0 Å². The van der Waals surface area contributed by atoms with Crippen molar-refractivity contribution in [2.24, 2.45) is 0 Å². The summed E-state index contributed by atoms with van der Waals surface area (Å²) in [4.78, 5) is 0. The average Bonchev–Trinajstić information content (AvgIpc) is 2.97. The highest BCUT2D eigenvalue weighted by atomic mass is 16.6. The summed E-state index contributed by atoms with van der Waals surface area (Å²) in [6.45, 7) is 6.15. The third-order valence-corrected chi connectivity index (χ3v) is 1.67. The largest absolute Gasteiger partial charge is 0.382 e. The first kappa shape index (κ1) is 10.9. The highest BCUT2D eigenvalue weighted by Gasteiger charge is 2.21. The Morgan fingerprint density at radius 2 is 1.69 bits per heavy atom. The predicted octanol–water partition coefficient (Wildman–Crippen LogP) is 0.453. The molecule has 0 N–H and O–H groups in total. The molecule has 0 aromatic heterocycles. The zero-order chi connectivity index (χ0) is 9.52. The molecular formula is C9H18O4. The molecular weight excluding hydrogens is 172 g/mol. The molecule has 2 heterocycles. The molecule has 2 fully saturated rings. The predicted molar refractivity (Wildman–Crippen MR) is 47.8 cm³/mol. The first-order valence-corrected chi connectivity index (χ1v) is 4.66. The van der Waals surface area contributed by atoms with E-state index in [0.717, 1.165) is 33.0 Å². The van der Waals surface area contributed by atoms with Crippen molar-refractivity contribution in [2.45, 2.75) is 19.1 Å². The lowest BCUT2D eigenvalue weighted by Gasteiger charge is -1.91. The zero-order valence-corrected chi connectivity index (χ0v) is 8.32. The van der Waals surface area contributed by atoms with Crippen LogP contribution in [0.25, 0.3) is 0 Å². The lowest BCUT2D eigenvalue weighted by Crippen LogP contribution is -1.99. The molecule has 2 aliphatic rings. The Morgan fingerprint density at radius 1 is 1.15 bits per heavy atom. The Hall–Kier alpha value is -0.160. The van der Waals surface area contributed by atoms with Crippen molar-refractivity contribution in [2.75, 3.05) is 40.1 Å². The minimum Gasteiger partial charge on any atom is -0.382 e. The molecule has 2 saturated heterocycles. The van der Waals surface area contributed by atoms with Crippen molar-refractivity contribution in [3.63, 3.8) is 0 Å². The van der Waals surface area contributed by atoms with Gasteiger partial charge in [0.25, 0.3) is 0 Å². The molecule has 0 spiro atoms. The van der Waals surface area contributed by atoms with Gasteiger partial charge in [0.15, 0.2) is 0 Å². The number of rotatable bonds is 5. The number of methoxy groups -OCH3 is 1. The van der Waals surface area contributed by atoms with Crippen LogP contribution < -0.4 is 0 Å². The molecule has 0 aromatic carbocycles. The van der Waals surface area contributed by atoms with E-state index in [1.54, 1.807) is 7.11 Å². The minimum atomic E-state index is 0.426. The SMILES string of the molecule is CCOCC1CO1.COCC1CO1. The van der Waals surface area contributed by atoms with Crippen LogP contribution in [-0.2, 0) is 18.9 Å². The van der Waals surface area contributed by atoms with Crippen molar-refractivity contribution in [1.29, 1.82) is 0 Å². The van der Waals surface area contributed by atoms with Gasteiger partial charge in [-0.25, -0.2) is 0 Å². The second-order valence-corrected chi connectivity index (χ2v) is 3.03. The second kappa shape index (κ2) is 6.32. The lowest BCUT2D eigenvalue weighted by molar-refractivity contribution is 0.128. The molecule has 2 aliphatic heterocycles. The Morgan fingerprint density at radius 3 is 2.00 bits per heavy atom. The van der Waals surface area contributed by atoms with Crippen LogP contribution >= 0.6 is 0 Å². The molecule has 0 amide bonds. The van der Waals surface area contributed by atoms with Crippen LogP contribution in [-0.4, -0.2) is 52.4 Å². The lowest BCUT2D eigenvalue weighted by atomic mass is 10.5. The Labute approximate surface area is 79.1 Å². The summed E-state index contributed by atoms with van der Waals surface area (Å²) in [6.07, 6.45) is 0.856. The maximum atomic E-state index is 5.03. The van der Waals surface area contributed by atoms with Gasteiger partial charge >= 0.3 is 0 Å². The summed E-state index contributed by atoms with van der Waals surface area (Å²) in [5.74, 6) is 0. The molecule has 0 saturated carbocycles. The summed E-state index contributed by atoms with van der Waals surface area (Å²) in [7, 11) is 1.68. The van der Waals surface area contributed by atoms with Gasteiger partial charge in [-0.15, -0.1) is 0 Å². The van der Waals surface area contributed by atoms with E-state index in [9.17, 15) is 0 Å². The average molecular weight is 190 g/mol. The van der Waals surface area contributed by atoms with Crippen LogP contribution in [0.5, 0.6) is 0 Å². The third-order valence-electron chi connectivity index (χ3n) is 1.67. The van der Waals surface area contributed by atoms with Crippen LogP contribution in [0.3, 0.4) is 0 Å². The summed E-state index contributed by atoms with van der Waals surface area (Å²) in [5, 5.41) is 0. The molecule has 4 nitrogen and oxygen atoms in total. The van der Waals surface area contributed by atoms with E-state index in [4.69, 9.17) is 18.9 Å². The fraction of sp³-hybridized carbons (Fsp3) is 1.00. The molecule has 0 aliphatic carbocycles. The van der Waals surface area contributed by atoms with E-state index in [2.05, 4.69) is 0 Å². The van der Waals surface area contributed by atoms with Gasteiger partial charge in [-0.2, -0.15) is 0 Å². The zero-order valence-electron chi connectivity index (χ0n) is 8.32. The molecule has 78 valence electrons. The second-order valence-electron chi connectivity index (χ2n) is 3.03. The molecule has 2 rings (SSSR count). The number of ether oxygens (including phenoxy) is 4. The van der Waals surface area contributed by atoms with Crippen LogP contribution in [0.4, 0.5) is 0 Å². The number of epoxide rings is 2. The summed E-state index contributed by atoms with van der Waals surface area (Å²) in [5.41, 5.74) is 0. The van der Waals surface area contributed by atoms with E-state index in [0.29, 0.717) is 12.2 Å². The number of hydrogen-bond acceptors (Lipinski definition) is 4. The van der Waals surface area contributed by atoms with E-state index < -0.39 is 0 Å². The van der Waals surface area contributed by atoms with Gasteiger partial charge in [-0.3, -0.25) is 0 Å². The van der Waals surface area contributed by atoms with E-state index in [1.807, 2.05) is 6.92 Å². The van der Waals surface area contributed by atoms with E-state index >= 15 is 0 Å². The number of hydrogen-bond donors (Lipinski definition) is 0. The molecule has 0 bridgehead atoms. The molecule has 2 atom stereocenters. The highest BCUT2D eigenvalue weighted by Crippen LogP contribution is 2.07. The van der Waals surface area contributed by atoms with Crippen LogP contribution in [0.2, 0.25) is 0 Å². The molecule has 0 aromatic rings. The van der Waals surface area contributed by atoms with E-state index in [1.165, 1.54) is 0 Å². The maximum Gasteiger partial charge on any atom is 0.104 e. The van der Waals surface area contributed by atoms with Gasteiger partial charge < -0.3 is 18.9 Å². The fourth-order valence-corrected chi connectivity index (χ4v) is 0.764. The molecule has 2 unspecified atom stereocenters. The van der Waals surface area contributed by atoms with Crippen molar-refractivity contribution in [3.05, 3.63) is 0 Å². The smallest absolute Gasteiger partial charge is 0.104 e. The van der Waals surface area contributed by atoms with Gasteiger partial charge in [0, 0.05) is 13.7 Å². The molecule has 0 radical (unpaired) electrons. The quantitative estimate of drug-likeness (QED) is 0.590.